The van der Waals surface area contributed by atoms with Crippen molar-refractivity contribution < 1.29 is 19.8 Å². The molecule has 0 spiro atoms. The van der Waals surface area contributed by atoms with Gasteiger partial charge in [-0.1, -0.05) is 0 Å². The first kappa shape index (κ1) is 14.5. The molecule has 0 saturated carbocycles. The maximum absolute atomic E-state index is 12.3. The molecule has 0 aliphatic carbocycles. The van der Waals surface area contributed by atoms with Crippen molar-refractivity contribution in [3.63, 3.8) is 0 Å². The molecule has 2 amide bonds. The number of aliphatic hydroxyl groups is 1. The van der Waals surface area contributed by atoms with E-state index in [4.69, 9.17) is 5.11 Å². The molecular formula is C12H20N2O4S. The van der Waals surface area contributed by atoms with Crippen molar-refractivity contribution in [1.82, 2.24) is 9.80 Å². The summed E-state index contributed by atoms with van der Waals surface area (Å²) in [7, 11) is 0. The third-order valence-corrected chi connectivity index (χ3v) is 4.99. The number of likely N-dealkylation sites (tertiary alicyclic amines) is 2. The van der Waals surface area contributed by atoms with Crippen LogP contribution in [0, 0.1) is 0 Å². The van der Waals surface area contributed by atoms with Gasteiger partial charge in [0.15, 0.2) is 0 Å². The lowest BCUT2D eigenvalue weighted by Crippen LogP contribution is -2.50. The highest BCUT2D eigenvalue weighted by Crippen LogP contribution is 2.24. The number of carboxylic acid groups (broad SMARTS) is 1. The van der Waals surface area contributed by atoms with Crippen molar-refractivity contribution in [2.45, 2.75) is 36.7 Å². The molecule has 2 saturated heterocycles. The molecule has 0 bridgehead atoms. The number of aliphatic carboxylic acids is 1. The number of piperidine rings is 1. The van der Waals surface area contributed by atoms with Gasteiger partial charge in [0.05, 0.1) is 6.10 Å². The Hall–Kier alpha value is -0.950. The topological polar surface area (TPSA) is 81.1 Å². The third kappa shape index (κ3) is 3.14. The number of hydrogen-bond donors (Lipinski definition) is 2. The van der Waals surface area contributed by atoms with E-state index >= 15 is 0 Å². The second-order valence-corrected chi connectivity index (χ2v) is 6.24. The number of β-amino-alcohol motifs (C(OH)–C–C–N with tert-alkyl or cyclic N) is 1. The summed E-state index contributed by atoms with van der Waals surface area (Å²) in [5.41, 5.74) is 0. The monoisotopic (exact) mass is 288 g/mol. The number of hydrogen-bond acceptors (Lipinski definition) is 4. The third-order valence-electron chi connectivity index (χ3n) is 3.86. The molecule has 2 unspecified atom stereocenters. The number of carbonyl (C=O) groups is 2. The molecule has 0 aromatic heterocycles. The summed E-state index contributed by atoms with van der Waals surface area (Å²) in [6.07, 6.45) is 3.36. The van der Waals surface area contributed by atoms with E-state index in [0.717, 1.165) is 12.8 Å². The van der Waals surface area contributed by atoms with Crippen LogP contribution in [-0.4, -0.2) is 75.3 Å². The summed E-state index contributed by atoms with van der Waals surface area (Å²) in [5.74, 6) is -1.04. The predicted octanol–water partition coefficient (Wildman–Crippen LogP) is 0.454. The quantitative estimate of drug-likeness (QED) is 0.771. The van der Waals surface area contributed by atoms with E-state index in [1.807, 2.05) is 11.8 Å². The molecule has 7 heteroatoms. The van der Waals surface area contributed by atoms with Crippen LogP contribution in [-0.2, 0) is 4.79 Å². The fraction of sp³-hybridized carbons (Fsp3) is 0.833. The van der Waals surface area contributed by atoms with Gasteiger partial charge >= 0.3 is 12.0 Å². The normalized spacial score (nSPS) is 28.7. The largest absolute Gasteiger partial charge is 0.480 e. The van der Waals surface area contributed by atoms with Crippen molar-refractivity contribution in [3.8, 4) is 0 Å². The molecule has 19 heavy (non-hydrogen) atoms. The highest BCUT2D eigenvalue weighted by molar-refractivity contribution is 7.99. The number of nitrogens with zero attached hydrogens (tertiary/aromatic N) is 2. The lowest BCUT2D eigenvalue weighted by atomic mass is 10.1. The van der Waals surface area contributed by atoms with E-state index < -0.39 is 18.1 Å². The van der Waals surface area contributed by atoms with Gasteiger partial charge in [0.1, 0.15) is 6.04 Å². The van der Waals surface area contributed by atoms with Gasteiger partial charge in [0.25, 0.3) is 0 Å². The van der Waals surface area contributed by atoms with Gasteiger partial charge in [-0.25, -0.2) is 9.59 Å². The van der Waals surface area contributed by atoms with Crippen LogP contribution in [0.5, 0.6) is 0 Å². The van der Waals surface area contributed by atoms with Crippen LogP contribution >= 0.6 is 11.8 Å². The number of urea groups is 1. The minimum Gasteiger partial charge on any atom is -0.480 e. The van der Waals surface area contributed by atoms with Crippen LogP contribution in [0.2, 0.25) is 0 Å². The molecule has 2 rings (SSSR count). The van der Waals surface area contributed by atoms with Gasteiger partial charge in [-0.05, 0) is 19.1 Å². The maximum atomic E-state index is 12.3. The lowest BCUT2D eigenvalue weighted by molar-refractivity contribution is -0.141. The molecule has 2 heterocycles. The van der Waals surface area contributed by atoms with Crippen molar-refractivity contribution in [2.24, 2.45) is 0 Å². The molecule has 0 aromatic rings. The Morgan fingerprint density at radius 3 is 2.42 bits per heavy atom. The molecule has 0 radical (unpaired) electrons. The van der Waals surface area contributed by atoms with Crippen LogP contribution < -0.4 is 0 Å². The summed E-state index contributed by atoms with van der Waals surface area (Å²) in [6.45, 7) is 1.46. The molecule has 108 valence electrons. The summed E-state index contributed by atoms with van der Waals surface area (Å²) in [5, 5.41) is 19.3. The Bertz CT molecular complexity index is 358. The molecule has 2 atom stereocenters. The average Bonchev–Trinajstić information content (AvgIpc) is 2.80. The molecule has 2 aliphatic rings. The fourth-order valence-corrected chi connectivity index (χ4v) is 3.41. The van der Waals surface area contributed by atoms with Gasteiger partial charge < -0.3 is 20.0 Å². The Morgan fingerprint density at radius 2 is 1.89 bits per heavy atom. The van der Waals surface area contributed by atoms with E-state index in [1.165, 1.54) is 4.90 Å². The summed E-state index contributed by atoms with van der Waals surface area (Å²) >= 11 is 1.81. The standard InChI is InChI=1S/C12H20N2O4S/c1-19-9-2-4-13(5-3-9)12(18)14-7-8(15)6-10(14)11(16)17/h8-10,15H,2-7H2,1H3,(H,16,17). The second-order valence-electron chi connectivity index (χ2n) is 5.10. The minimum absolute atomic E-state index is 0.123. The van der Waals surface area contributed by atoms with E-state index in [0.29, 0.717) is 18.3 Å². The number of carboxylic acids is 1. The van der Waals surface area contributed by atoms with Crippen molar-refractivity contribution in [2.75, 3.05) is 25.9 Å². The Labute approximate surface area is 116 Å². The van der Waals surface area contributed by atoms with Crippen molar-refractivity contribution >= 4 is 23.8 Å². The summed E-state index contributed by atoms with van der Waals surface area (Å²) in [6, 6.07) is -1.13. The molecule has 2 N–H and O–H groups in total. The van der Waals surface area contributed by atoms with E-state index in [2.05, 4.69) is 6.26 Å². The van der Waals surface area contributed by atoms with Crippen LogP contribution in [0.25, 0.3) is 0 Å². The summed E-state index contributed by atoms with van der Waals surface area (Å²) in [4.78, 5) is 26.4. The molecule has 2 fully saturated rings. The Kier molecular flexibility index (Phi) is 4.57. The molecule has 0 aromatic carbocycles. The zero-order valence-electron chi connectivity index (χ0n) is 11.0. The first-order valence-electron chi connectivity index (χ1n) is 6.52. The molecule has 6 nitrogen and oxygen atoms in total. The maximum Gasteiger partial charge on any atom is 0.326 e. The fourth-order valence-electron chi connectivity index (χ4n) is 2.72. The van der Waals surface area contributed by atoms with Crippen LogP contribution in [0.15, 0.2) is 0 Å². The zero-order valence-corrected chi connectivity index (χ0v) is 11.8. The van der Waals surface area contributed by atoms with Crippen molar-refractivity contribution in [1.29, 1.82) is 0 Å². The van der Waals surface area contributed by atoms with Crippen LogP contribution in [0.3, 0.4) is 0 Å². The van der Waals surface area contributed by atoms with Crippen molar-refractivity contribution in [3.05, 3.63) is 0 Å². The van der Waals surface area contributed by atoms with E-state index in [1.54, 1.807) is 4.90 Å². The SMILES string of the molecule is CSC1CCN(C(=O)N2CC(O)CC2C(=O)O)CC1. The lowest BCUT2D eigenvalue weighted by Gasteiger charge is -2.35. The Balaban J connectivity index is 1.97. The number of thioether (sulfide) groups is 1. The highest BCUT2D eigenvalue weighted by Gasteiger charge is 2.41. The van der Waals surface area contributed by atoms with Gasteiger partial charge in [-0.3, -0.25) is 0 Å². The van der Waals surface area contributed by atoms with E-state index in [-0.39, 0.29) is 19.0 Å². The molecular weight excluding hydrogens is 268 g/mol. The second kappa shape index (κ2) is 6.00. The number of aliphatic hydroxyl groups excluding tert-OH is 1. The average molecular weight is 288 g/mol. The van der Waals surface area contributed by atoms with Crippen LogP contribution in [0.1, 0.15) is 19.3 Å². The zero-order chi connectivity index (χ0) is 14.0. The number of rotatable bonds is 2. The van der Waals surface area contributed by atoms with Gasteiger partial charge in [0, 0.05) is 31.3 Å². The smallest absolute Gasteiger partial charge is 0.326 e. The van der Waals surface area contributed by atoms with Gasteiger partial charge in [0.2, 0.25) is 0 Å². The van der Waals surface area contributed by atoms with Gasteiger partial charge in [-0.15, -0.1) is 0 Å². The number of carbonyl (C=O) groups excluding carboxylic acids is 1. The minimum atomic E-state index is -1.04. The molecule has 2 aliphatic heterocycles. The van der Waals surface area contributed by atoms with E-state index in [9.17, 15) is 14.7 Å². The first-order chi connectivity index (χ1) is 9.02. The highest BCUT2D eigenvalue weighted by atomic mass is 32.2. The summed E-state index contributed by atoms with van der Waals surface area (Å²) < 4.78 is 0. The van der Waals surface area contributed by atoms with Gasteiger partial charge in [-0.2, -0.15) is 11.8 Å². The number of amides is 2. The van der Waals surface area contributed by atoms with Crippen LogP contribution in [0.4, 0.5) is 4.79 Å². The predicted molar refractivity (Wildman–Crippen MR) is 72.3 cm³/mol. The first-order valence-corrected chi connectivity index (χ1v) is 7.81. The Morgan fingerprint density at radius 1 is 1.26 bits per heavy atom.